The maximum Gasteiger partial charge on any atom is 0.342 e. The lowest BCUT2D eigenvalue weighted by Crippen LogP contribution is -2.25. The number of hydrogen-bond acceptors (Lipinski definition) is 7. The van der Waals surface area contributed by atoms with Crippen LogP contribution in [0.4, 0.5) is 5.69 Å². The molecular formula is C18H19NO7S. The topological polar surface area (TPSA) is 120 Å². The number of benzene rings is 1. The first-order valence-electron chi connectivity index (χ1n) is 7.92. The average molecular weight is 393 g/mol. The van der Waals surface area contributed by atoms with Gasteiger partial charge in [-0.3, -0.25) is 9.52 Å². The van der Waals surface area contributed by atoms with E-state index in [0.29, 0.717) is 11.3 Å². The van der Waals surface area contributed by atoms with Gasteiger partial charge in [0.25, 0.3) is 0 Å². The van der Waals surface area contributed by atoms with Crippen LogP contribution in [0.25, 0.3) is 0 Å². The summed E-state index contributed by atoms with van der Waals surface area (Å²) in [7, 11) is -3.42. The van der Waals surface area contributed by atoms with Crippen molar-refractivity contribution in [3.63, 3.8) is 0 Å². The fraction of sp³-hybridized carbons (Fsp3) is 0.278. The van der Waals surface area contributed by atoms with Crippen LogP contribution in [0.15, 0.2) is 39.5 Å². The number of carbonyl (C=O) groups excluding carboxylic acids is 2. The standard InChI is InChI=1S/C18H19NO7S/c1-10-9-15(20)25-11(2)16(10)18(22)26-12(3)17(21)13-5-7-14(8-6-13)19-27(4,23)24/h5-9,12,19H,1-4H3. The number of aryl methyl sites for hydroxylation is 2. The van der Waals surface area contributed by atoms with Crippen molar-refractivity contribution in [2.45, 2.75) is 26.9 Å². The van der Waals surface area contributed by atoms with Crippen molar-refractivity contribution in [1.29, 1.82) is 0 Å². The van der Waals surface area contributed by atoms with Gasteiger partial charge >= 0.3 is 11.6 Å². The van der Waals surface area contributed by atoms with Crippen LogP contribution in [0.5, 0.6) is 0 Å². The molecular weight excluding hydrogens is 374 g/mol. The molecule has 2 rings (SSSR count). The summed E-state index contributed by atoms with van der Waals surface area (Å²) in [6, 6.07) is 6.89. The van der Waals surface area contributed by atoms with E-state index in [1.165, 1.54) is 44.2 Å². The number of hydrogen-bond donors (Lipinski definition) is 1. The number of sulfonamides is 1. The van der Waals surface area contributed by atoms with Crippen molar-refractivity contribution >= 4 is 27.5 Å². The molecule has 0 fully saturated rings. The second-order valence-corrected chi connectivity index (χ2v) is 7.79. The molecule has 9 heteroatoms. The summed E-state index contributed by atoms with van der Waals surface area (Å²) < 4.78 is 34.8. The zero-order chi connectivity index (χ0) is 20.4. The van der Waals surface area contributed by atoms with Crippen molar-refractivity contribution < 1.29 is 27.2 Å². The van der Waals surface area contributed by atoms with Gasteiger partial charge in [-0.05, 0) is 50.6 Å². The van der Waals surface area contributed by atoms with E-state index >= 15 is 0 Å². The molecule has 1 N–H and O–H groups in total. The van der Waals surface area contributed by atoms with Gasteiger partial charge < -0.3 is 9.15 Å². The van der Waals surface area contributed by atoms with Crippen LogP contribution in [-0.2, 0) is 14.8 Å². The molecule has 27 heavy (non-hydrogen) atoms. The number of rotatable bonds is 6. The number of anilines is 1. The van der Waals surface area contributed by atoms with Gasteiger partial charge in [0.1, 0.15) is 11.3 Å². The third-order valence-corrected chi connectivity index (χ3v) is 4.27. The van der Waals surface area contributed by atoms with Crippen molar-refractivity contribution in [2.24, 2.45) is 0 Å². The normalized spacial score (nSPS) is 12.3. The third kappa shape index (κ3) is 5.27. The van der Waals surface area contributed by atoms with Crippen molar-refractivity contribution in [2.75, 3.05) is 11.0 Å². The monoisotopic (exact) mass is 393 g/mol. The van der Waals surface area contributed by atoms with Crippen LogP contribution < -0.4 is 10.3 Å². The summed E-state index contributed by atoms with van der Waals surface area (Å²) in [5, 5.41) is 0. The zero-order valence-corrected chi connectivity index (χ0v) is 16.0. The van der Waals surface area contributed by atoms with Gasteiger partial charge in [0.05, 0.1) is 6.26 Å². The molecule has 0 radical (unpaired) electrons. The average Bonchev–Trinajstić information content (AvgIpc) is 2.52. The smallest absolute Gasteiger partial charge is 0.342 e. The molecule has 1 aromatic heterocycles. The number of ether oxygens (including phenoxy) is 1. The zero-order valence-electron chi connectivity index (χ0n) is 15.2. The Morgan fingerprint density at radius 2 is 1.74 bits per heavy atom. The van der Waals surface area contributed by atoms with Gasteiger partial charge in [0, 0.05) is 17.3 Å². The number of esters is 1. The highest BCUT2D eigenvalue weighted by atomic mass is 32.2. The first kappa shape index (κ1) is 20.4. The van der Waals surface area contributed by atoms with Gasteiger partial charge in [-0.1, -0.05) is 0 Å². The van der Waals surface area contributed by atoms with Crippen molar-refractivity contribution in [1.82, 2.24) is 0 Å². The Hall–Kier alpha value is -2.94. The van der Waals surface area contributed by atoms with E-state index in [1.54, 1.807) is 6.92 Å². The van der Waals surface area contributed by atoms with Crippen molar-refractivity contribution in [3.8, 4) is 0 Å². The Morgan fingerprint density at radius 3 is 2.26 bits per heavy atom. The quantitative estimate of drug-likeness (QED) is 0.589. The van der Waals surface area contributed by atoms with Crippen LogP contribution >= 0.6 is 0 Å². The van der Waals surface area contributed by atoms with Crippen LogP contribution in [0.3, 0.4) is 0 Å². The van der Waals surface area contributed by atoms with E-state index in [-0.39, 0.29) is 16.9 Å². The molecule has 0 amide bonds. The number of ketones is 1. The first-order chi connectivity index (χ1) is 12.5. The Labute approximate surface area is 156 Å². The maximum atomic E-state index is 12.4. The third-order valence-electron chi connectivity index (χ3n) is 3.66. The molecule has 1 atom stereocenters. The predicted octanol–water partition coefficient (Wildman–Crippen LogP) is 2.06. The largest absolute Gasteiger partial charge is 0.451 e. The summed E-state index contributed by atoms with van der Waals surface area (Å²) in [5.41, 5.74) is 0.478. The molecule has 1 aromatic carbocycles. The molecule has 0 saturated carbocycles. The molecule has 0 aliphatic heterocycles. The molecule has 2 aromatic rings. The molecule has 0 saturated heterocycles. The molecule has 144 valence electrons. The molecule has 1 heterocycles. The number of nitrogens with one attached hydrogen (secondary N) is 1. The van der Waals surface area contributed by atoms with E-state index in [1.807, 2.05) is 0 Å². The molecule has 0 spiro atoms. The van der Waals surface area contributed by atoms with Crippen LogP contribution in [-0.4, -0.2) is 32.5 Å². The SMILES string of the molecule is Cc1cc(=O)oc(C)c1C(=O)OC(C)C(=O)c1ccc(NS(C)(=O)=O)cc1. The van der Waals surface area contributed by atoms with Crippen LogP contribution in [0.1, 0.15) is 39.0 Å². The second-order valence-electron chi connectivity index (χ2n) is 6.04. The lowest BCUT2D eigenvalue weighted by molar-refractivity contribution is 0.0314. The van der Waals surface area contributed by atoms with E-state index in [9.17, 15) is 22.8 Å². The summed E-state index contributed by atoms with van der Waals surface area (Å²) in [6.45, 7) is 4.46. The first-order valence-corrected chi connectivity index (χ1v) is 9.81. The molecule has 0 bridgehead atoms. The molecule has 0 aliphatic rings. The van der Waals surface area contributed by atoms with E-state index in [4.69, 9.17) is 9.15 Å². The molecule has 1 unspecified atom stereocenters. The van der Waals surface area contributed by atoms with Crippen LogP contribution in [0, 0.1) is 13.8 Å². The summed E-state index contributed by atoms with van der Waals surface area (Å²) in [4.78, 5) is 36.1. The Balaban J connectivity index is 2.14. The lowest BCUT2D eigenvalue weighted by atomic mass is 10.1. The number of Topliss-reactive ketones (excluding diaryl/α,β-unsaturated/α-hetero) is 1. The Bertz CT molecular complexity index is 1010. The van der Waals surface area contributed by atoms with Crippen molar-refractivity contribution in [3.05, 3.63) is 63.2 Å². The van der Waals surface area contributed by atoms with E-state index in [0.717, 1.165) is 6.26 Å². The van der Waals surface area contributed by atoms with Gasteiger partial charge in [-0.2, -0.15) is 0 Å². The van der Waals surface area contributed by atoms with Gasteiger partial charge in [0.2, 0.25) is 15.8 Å². The van der Waals surface area contributed by atoms with E-state index < -0.39 is 33.5 Å². The Kier molecular flexibility index (Phi) is 5.85. The highest BCUT2D eigenvalue weighted by molar-refractivity contribution is 7.92. The Morgan fingerprint density at radius 1 is 1.15 bits per heavy atom. The summed E-state index contributed by atoms with van der Waals surface area (Å²) >= 11 is 0. The van der Waals surface area contributed by atoms with Gasteiger partial charge in [-0.15, -0.1) is 0 Å². The fourth-order valence-electron chi connectivity index (χ4n) is 2.49. The fourth-order valence-corrected chi connectivity index (χ4v) is 3.05. The highest BCUT2D eigenvalue weighted by Crippen LogP contribution is 2.16. The van der Waals surface area contributed by atoms with Gasteiger partial charge in [-0.25, -0.2) is 18.0 Å². The minimum absolute atomic E-state index is 0.0990. The highest BCUT2D eigenvalue weighted by Gasteiger charge is 2.23. The minimum Gasteiger partial charge on any atom is -0.451 e. The second kappa shape index (κ2) is 7.75. The maximum absolute atomic E-state index is 12.4. The molecule has 0 aliphatic carbocycles. The minimum atomic E-state index is -3.42. The van der Waals surface area contributed by atoms with E-state index in [2.05, 4.69) is 4.72 Å². The number of carbonyl (C=O) groups is 2. The summed E-state index contributed by atoms with van der Waals surface area (Å²) in [5.74, 6) is -1.12. The summed E-state index contributed by atoms with van der Waals surface area (Å²) in [6.07, 6.45) is -0.0691. The predicted molar refractivity (Wildman–Crippen MR) is 98.6 cm³/mol. The van der Waals surface area contributed by atoms with Crippen LogP contribution in [0.2, 0.25) is 0 Å². The molecule has 8 nitrogen and oxygen atoms in total. The van der Waals surface area contributed by atoms with Gasteiger partial charge in [0.15, 0.2) is 6.10 Å². The lowest BCUT2D eigenvalue weighted by Gasteiger charge is -2.14.